The van der Waals surface area contributed by atoms with E-state index in [0.717, 1.165) is 5.56 Å². The zero-order valence-corrected chi connectivity index (χ0v) is 11.7. The Labute approximate surface area is 116 Å². The van der Waals surface area contributed by atoms with Crippen molar-refractivity contribution in [3.05, 3.63) is 49.8 Å². The zero-order valence-electron chi connectivity index (χ0n) is 7.99. The molecule has 0 amide bonds. The van der Waals surface area contributed by atoms with E-state index in [-0.39, 0.29) is 0 Å². The molecule has 0 aliphatic rings. The van der Waals surface area contributed by atoms with Crippen molar-refractivity contribution >= 4 is 45.8 Å². The van der Waals surface area contributed by atoms with Gasteiger partial charge in [-0.05, 0) is 40.3 Å². The standard InChI is InChI=1S/C10H6Cl2IN3/c11-9-8(13)10(12)16-7(15-9)5-6-1-3-14-4-2-6/h1-4H,5H2. The lowest BCUT2D eigenvalue weighted by molar-refractivity contribution is 0.959. The minimum atomic E-state index is 0.393. The van der Waals surface area contributed by atoms with Gasteiger partial charge in [-0.25, -0.2) is 9.97 Å². The molecule has 6 heteroatoms. The maximum atomic E-state index is 5.93. The minimum Gasteiger partial charge on any atom is -0.265 e. The third-order valence-corrected chi connectivity index (χ3v) is 4.13. The molecule has 0 fully saturated rings. The minimum absolute atomic E-state index is 0.393. The van der Waals surface area contributed by atoms with Crippen LogP contribution < -0.4 is 0 Å². The van der Waals surface area contributed by atoms with Crippen molar-refractivity contribution in [1.82, 2.24) is 15.0 Å². The maximum absolute atomic E-state index is 5.93. The summed E-state index contributed by atoms with van der Waals surface area (Å²) in [6, 6.07) is 3.81. The molecule has 0 spiro atoms. The Morgan fingerprint density at radius 3 is 2.19 bits per heavy atom. The number of pyridine rings is 1. The molecule has 16 heavy (non-hydrogen) atoms. The number of hydrogen-bond donors (Lipinski definition) is 0. The van der Waals surface area contributed by atoms with Gasteiger partial charge in [-0.3, -0.25) is 4.98 Å². The fourth-order valence-electron chi connectivity index (χ4n) is 1.20. The normalized spacial score (nSPS) is 10.4. The zero-order chi connectivity index (χ0) is 11.5. The van der Waals surface area contributed by atoms with Gasteiger partial charge in [0.25, 0.3) is 0 Å². The van der Waals surface area contributed by atoms with E-state index in [2.05, 4.69) is 15.0 Å². The number of nitrogens with zero attached hydrogens (tertiary/aromatic N) is 3. The Hall–Kier alpha value is -0.460. The summed E-state index contributed by atoms with van der Waals surface area (Å²) >= 11 is 13.9. The second-order valence-electron chi connectivity index (χ2n) is 3.07. The van der Waals surface area contributed by atoms with Crippen molar-refractivity contribution in [2.45, 2.75) is 6.42 Å². The fraction of sp³-hybridized carbons (Fsp3) is 0.100. The second-order valence-corrected chi connectivity index (χ2v) is 4.86. The Morgan fingerprint density at radius 1 is 1.06 bits per heavy atom. The molecule has 0 unspecified atom stereocenters. The van der Waals surface area contributed by atoms with Crippen LogP contribution in [-0.4, -0.2) is 15.0 Å². The first-order chi connectivity index (χ1) is 7.66. The average molecular weight is 366 g/mol. The van der Waals surface area contributed by atoms with E-state index in [1.165, 1.54) is 0 Å². The van der Waals surface area contributed by atoms with Crippen molar-refractivity contribution in [2.75, 3.05) is 0 Å². The second kappa shape index (κ2) is 5.25. The summed E-state index contributed by atoms with van der Waals surface area (Å²) in [5.41, 5.74) is 1.07. The molecule has 0 N–H and O–H groups in total. The number of rotatable bonds is 2. The van der Waals surface area contributed by atoms with Gasteiger partial charge in [0.15, 0.2) is 0 Å². The van der Waals surface area contributed by atoms with Gasteiger partial charge >= 0.3 is 0 Å². The lowest BCUT2D eigenvalue weighted by Crippen LogP contribution is -1.99. The van der Waals surface area contributed by atoms with E-state index in [1.807, 2.05) is 34.7 Å². The van der Waals surface area contributed by atoms with Gasteiger partial charge in [-0.15, -0.1) is 0 Å². The van der Waals surface area contributed by atoms with Crippen molar-refractivity contribution in [3.63, 3.8) is 0 Å². The summed E-state index contributed by atoms with van der Waals surface area (Å²) < 4.78 is 0.680. The summed E-state index contributed by atoms with van der Waals surface area (Å²) in [6.45, 7) is 0. The largest absolute Gasteiger partial charge is 0.265 e. The van der Waals surface area contributed by atoms with Crippen molar-refractivity contribution in [2.24, 2.45) is 0 Å². The highest BCUT2D eigenvalue weighted by Gasteiger charge is 2.09. The fourth-order valence-corrected chi connectivity index (χ4v) is 1.86. The van der Waals surface area contributed by atoms with Crippen LogP contribution in [0, 0.1) is 3.57 Å². The summed E-state index contributed by atoms with van der Waals surface area (Å²) in [5.74, 6) is 0.613. The smallest absolute Gasteiger partial charge is 0.147 e. The maximum Gasteiger partial charge on any atom is 0.147 e. The van der Waals surface area contributed by atoms with Crippen LogP contribution in [0.5, 0.6) is 0 Å². The van der Waals surface area contributed by atoms with Gasteiger partial charge in [0, 0.05) is 18.8 Å². The van der Waals surface area contributed by atoms with Gasteiger partial charge in [0.1, 0.15) is 16.1 Å². The molecule has 82 valence electrons. The third-order valence-electron chi connectivity index (χ3n) is 1.93. The summed E-state index contributed by atoms with van der Waals surface area (Å²) in [5, 5.41) is 0.786. The van der Waals surface area contributed by atoms with E-state index in [1.54, 1.807) is 12.4 Å². The SMILES string of the molecule is Clc1nc(Cc2ccncc2)nc(Cl)c1I. The Morgan fingerprint density at radius 2 is 1.62 bits per heavy atom. The van der Waals surface area contributed by atoms with Gasteiger partial charge in [-0.1, -0.05) is 23.2 Å². The lowest BCUT2D eigenvalue weighted by Gasteiger charge is -2.03. The molecule has 0 aliphatic heterocycles. The van der Waals surface area contributed by atoms with Crippen LogP contribution >= 0.6 is 45.8 Å². The molecule has 0 saturated carbocycles. The van der Waals surface area contributed by atoms with Crippen LogP contribution in [0.1, 0.15) is 11.4 Å². The van der Waals surface area contributed by atoms with Crippen LogP contribution in [-0.2, 0) is 6.42 Å². The topological polar surface area (TPSA) is 38.7 Å². The van der Waals surface area contributed by atoms with Crippen LogP contribution in [0.2, 0.25) is 10.3 Å². The Balaban J connectivity index is 2.29. The average Bonchev–Trinajstić information content (AvgIpc) is 2.27. The van der Waals surface area contributed by atoms with Gasteiger partial charge < -0.3 is 0 Å². The number of aromatic nitrogens is 3. The summed E-state index contributed by atoms with van der Waals surface area (Å²) in [4.78, 5) is 12.3. The molecule has 0 aromatic carbocycles. The molecule has 0 aliphatic carbocycles. The molecule has 0 bridgehead atoms. The predicted molar refractivity (Wildman–Crippen MR) is 71.8 cm³/mol. The molecule has 0 radical (unpaired) electrons. The van der Waals surface area contributed by atoms with E-state index < -0.39 is 0 Å². The van der Waals surface area contributed by atoms with Crippen LogP contribution in [0.25, 0.3) is 0 Å². The van der Waals surface area contributed by atoms with E-state index >= 15 is 0 Å². The molecule has 2 rings (SSSR count). The Kier molecular flexibility index (Phi) is 3.94. The van der Waals surface area contributed by atoms with Crippen molar-refractivity contribution < 1.29 is 0 Å². The van der Waals surface area contributed by atoms with Gasteiger partial charge in [0.05, 0.1) is 3.57 Å². The molecule has 2 aromatic heterocycles. The molecule has 0 atom stereocenters. The number of halogens is 3. The van der Waals surface area contributed by atoms with Gasteiger partial charge in [-0.2, -0.15) is 0 Å². The molecule has 3 nitrogen and oxygen atoms in total. The first kappa shape index (κ1) is 12.0. The lowest BCUT2D eigenvalue weighted by atomic mass is 10.2. The summed E-state index contributed by atoms with van der Waals surface area (Å²) in [6.07, 6.45) is 4.05. The molecule has 2 heterocycles. The third kappa shape index (κ3) is 2.81. The van der Waals surface area contributed by atoms with E-state index in [4.69, 9.17) is 23.2 Å². The van der Waals surface area contributed by atoms with Gasteiger partial charge in [0.2, 0.25) is 0 Å². The monoisotopic (exact) mass is 365 g/mol. The first-order valence-electron chi connectivity index (χ1n) is 4.43. The Bertz CT molecular complexity index is 482. The summed E-state index contributed by atoms with van der Waals surface area (Å²) in [7, 11) is 0. The van der Waals surface area contributed by atoms with E-state index in [9.17, 15) is 0 Å². The highest BCUT2D eigenvalue weighted by Crippen LogP contribution is 2.23. The van der Waals surface area contributed by atoms with Crippen LogP contribution in [0.15, 0.2) is 24.5 Å². The highest BCUT2D eigenvalue weighted by atomic mass is 127. The molecular weight excluding hydrogens is 360 g/mol. The van der Waals surface area contributed by atoms with Crippen LogP contribution in [0.4, 0.5) is 0 Å². The number of hydrogen-bond acceptors (Lipinski definition) is 3. The van der Waals surface area contributed by atoms with Crippen molar-refractivity contribution in [1.29, 1.82) is 0 Å². The van der Waals surface area contributed by atoms with E-state index in [0.29, 0.717) is 26.1 Å². The predicted octanol–water partition coefficient (Wildman–Crippen LogP) is 3.37. The molecular formula is C10H6Cl2IN3. The quantitative estimate of drug-likeness (QED) is 0.605. The molecule has 0 saturated heterocycles. The first-order valence-corrected chi connectivity index (χ1v) is 6.26. The molecule has 2 aromatic rings. The van der Waals surface area contributed by atoms with Crippen molar-refractivity contribution in [3.8, 4) is 0 Å². The van der Waals surface area contributed by atoms with Crippen LogP contribution in [0.3, 0.4) is 0 Å². The highest BCUT2D eigenvalue weighted by molar-refractivity contribution is 14.1.